The van der Waals surface area contributed by atoms with Crippen LogP contribution in [0.15, 0.2) is 48.5 Å². The van der Waals surface area contributed by atoms with E-state index in [0.717, 1.165) is 16.8 Å². The first-order chi connectivity index (χ1) is 11.0. The molecular weight excluding hydrogens is 288 g/mol. The monoisotopic (exact) mass is 310 g/mol. The molecule has 0 fully saturated rings. The molecule has 0 aliphatic carbocycles. The van der Waals surface area contributed by atoms with Gasteiger partial charge in [-0.25, -0.2) is 0 Å². The van der Waals surface area contributed by atoms with Gasteiger partial charge in [0.2, 0.25) is 5.91 Å². The molecule has 0 radical (unpaired) electrons. The van der Waals surface area contributed by atoms with E-state index in [2.05, 4.69) is 5.32 Å². The Balaban J connectivity index is 1.96. The standard InChI is InChI=1S/C19H22N2O2/c1-14-7-9-18(10-8-14)21(16(3)22)12-11-20-19(23)17-6-4-5-15(2)13-17/h4-10,13H,11-12H2,1-3H3,(H,20,23). The molecule has 4 nitrogen and oxygen atoms in total. The average Bonchev–Trinajstić information content (AvgIpc) is 2.52. The maximum atomic E-state index is 12.1. The fourth-order valence-electron chi connectivity index (χ4n) is 2.36. The zero-order valence-corrected chi connectivity index (χ0v) is 13.8. The zero-order valence-electron chi connectivity index (χ0n) is 13.8. The maximum absolute atomic E-state index is 12.1. The Kier molecular flexibility index (Phi) is 5.52. The van der Waals surface area contributed by atoms with Gasteiger partial charge in [-0.2, -0.15) is 0 Å². The van der Waals surface area contributed by atoms with Crippen LogP contribution in [0.25, 0.3) is 0 Å². The summed E-state index contributed by atoms with van der Waals surface area (Å²) >= 11 is 0. The van der Waals surface area contributed by atoms with Gasteiger partial charge >= 0.3 is 0 Å². The van der Waals surface area contributed by atoms with Crippen LogP contribution in [0.5, 0.6) is 0 Å². The first-order valence-corrected chi connectivity index (χ1v) is 7.67. The number of amides is 2. The number of hydrogen-bond donors (Lipinski definition) is 1. The Labute approximate surface area is 137 Å². The van der Waals surface area contributed by atoms with Gasteiger partial charge in [-0.15, -0.1) is 0 Å². The van der Waals surface area contributed by atoms with Crippen LogP contribution in [0.1, 0.15) is 28.4 Å². The second-order valence-corrected chi connectivity index (χ2v) is 5.63. The van der Waals surface area contributed by atoms with Gasteiger partial charge in [0, 0.05) is 31.3 Å². The lowest BCUT2D eigenvalue weighted by Crippen LogP contribution is -2.37. The molecule has 0 atom stereocenters. The molecule has 0 aromatic heterocycles. The molecule has 0 aliphatic rings. The van der Waals surface area contributed by atoms with E-state index in [1.54, 1.807) is 11.0 Å². The van der Waals surface area contributed by atoms with E-state index in [1.807, 2.05) is 56.3 Å². The highest BCUT2D eigenvalue weighted by molar-refractivity contribution is 5.94. The summed E-state index contributed by atoms with van der Waals surface area (Å²) in [6.07, 6.45) is 0. The number of rotatable bonds is 5. The van der Waals surface area contributed by atoms with Crippen LogP contribution in [0.2, 0.25) is 0 Å². The summed E-state index contributed by atoms with van der Waals surface area (Å²) in [5, 5.41) is 2.86. The van der Waals surface area contributed by atoms with Crippen LogP contribution < -0.4 is 10.2 Å². The molecule has 0 bridgehead atoms. The first-order valence-electron chi connectivity index (χ1n) is 7.67. The molecule has 120 valence electrons. The van der Waals surface area contributed by atoms with E-state index >= 15 is 0 Å². The van der Waals surface area contributed by atoms with Gasteiger partial charge in [0.05, 0.1) is 0 Å². The summed E-state index contributed by atoms with van der Waals surface area (Å²) in [5.41, 5.74) is 3.66. The molecule has 4 heteroatoms. The first kappa shape index (κ1) is 16.7. The number of carbonyl (C=O) groups is 2. The van der Waals surface area contributed by atoms with Crippen molar-refractivity contribution in [2.24, 2.45) is 0 Å². The van der Waals surface area contributed by atoms with Crippen molar-refractivity contribution in [2.75, 3.05) is 18.0 Å². The topological polar surface area (TPSA) is 49.4 Å². The maximum Gasteiger partial charge on any atom is 0.251 e. The van der Waals surface area contributed by atoms with E-state index in [4.69, 9.17) is 0 Å². The number of carbonyl (C=O) groups excluding carboxylic acids is 2. The second kappa shape index (κ2) is 7.58. The molecule has 2 aromatic rings. The molecule has 0 spiro atoms. The largest absolute Gasteiger partial charge is 0.350 e. The van der Waals surface area contributed by atoms with Crippen molar-refractivity contribution in [2.45, 2.75) is 20.8 Å². The van der Waals surface area contributed by atoms with Crippen molar-refractivity contribution in [3.63, 3.8) is 0 Å². The van der Waals surface area contributed by atoms with Gasteiger partial charge in [-0.1, -0.05) is 35.4 Å². The Morgan fingerprint density at radius 3 is 2.30 bits per heavy atom. The normalized spacial score (nSPS) is 10.2. The predicted octanol–water partition coefficient (Wildman–Crippen LogP) is 3.09. The summed E-state index contributed by atoms with van der Waals surface area (Å²) < 4.78 is 0. The van der Waals surface area contributed by atoms with Gasteiger partial charge in [0.15, 0.2) is 0 Å². The van der Waals surface area contributed by atoms with Gasteiger partial charge in [-0.3, -0.25) is 9.59 Å². The smallest absolute Gasteiger partial charge is 0.251 e. The Bertz CT molecular complexity index is 693. The lowest BCUT2D eigenvalue weighted by Gasteiger charge is -2.21. The number of hydrogen-bond acceptors (Lipinski definition) is 2. The number of anilines is 1. The van der Waals surface area contributed by atoms with Gasteiger partial charge in [0.1, 0.15) is 0 Å². The van der Waals surface area contributed by atoms with Crippen molar-refractivity contribution in [1.29, 1.82) is 0 Å². The molecule has 0 saturated heterocycles. The van der Waals surface area contributed by atoms with Crippen molar-refractivity contribution >= 4 is 17.5 Å². The predicted molar refractivity (Wildman–Crippen MR) is 92.7 cm³/mol. The minimum atomic E-state index is -0.124. The lowest BCUT2D eigenvalue weighted by atomic mass is 10.1. The number of benzene rings is 2. The molecule has 2 amide bonds. The Hall–Kier alpha value is -2.62. The fourth-order valence-corrected chi connectivity index (χ4v) is 2.36. The van der Waals surface area contributed by atoms with Crippen LogP contribution in [0.4, 0.5) is 5.69 Å². The third kappa shape index (κ3) is 4.68. The summed E-state index contributed by atoms with van der Waals surface area (Å²) in [6, 6.07) is 15.2. The SMILES string of the molecule is CC(=O)N(CCNC(=O)c1cccc(C)c1)c1ccc(C)cc1. The van der Waals surface area contributed by atoms with E-state index in [1.165, 1.54) is 6.92 Å². The van der Waals surface area contributed by atoms with Crippen LogP contribution in [-0.4, -0.2) is 24.9 Å². The highest BCUT2D eigenvalue weighted by Gasteiger charge is 2.12. The van der Waals surface area contributed by atoms with Crippen LogP contribution in [0.3, 0.4) is 0 Å². The average molecular weight is 310 g/mol. The number of aryl methyl sites for hydroxylation is 2. The summed E-state index contributed by atoms with van der Waals surface area (Å²) in [5.74, 6) is -0.167. The lowest BCUT2D eigenvalue weighted by molar-refractivity contribution is -0.116. The molecule has 2 aromatic carbocycles. The Morgan fingerprint density at radius 1 is 1.00 bits per heavy atom. The molecule has 0 aliphatic heterocycles. The molecule has 0 heterocycles. The molecule has 0 unspecified atom stereocenters. The van der Waals surface area contributed by atoms with Gasteiger partial charge in [-0.05, 0) is 38.1 Å². The summed E-state index contributed by atoms with van der Waals surface area (Å²) in [4.78, 5) is 25.6. The quantitative estimate of drug-likeness (QED) is 0.922. The van der Waals surface area contributed by atoms with Crippen molar-refractivity contribution < 1.29 is 9.59 Å². The van der Waals surface area contributed by atoms with E-state index in [-0.39, 0.29) is 11.8 Å². The molecular formula is C19H22N2O2. The third-order valence-electron chi connectivity index (χ3n) is 3.63. The van der Waals surface area contributed by atoms with Gasteiger partial charge in [0.25, 0.3) is 5.91 Å². The second-order valence-electron chi connectivity index (χ2n) is 5.63. The third-order valence-corrected chi connectivity index (χ3v) is 3.63. The zero-order chi connectivity index (χ0) is 16.8. The highest BCUT2D eigenvalue weighted by Crippen LogP contribution is 2.14. The van der Waals surface area contributed by atoms with Crippen LogP contribution in [-0.2, 0) is 4.79 Å². The minimum absolute atomic E-state index is 0.0429. The summed E-state index contributed by atoms with van der Waals surface area (Å²) in [7, 11) is 0. The fraction of sp³-hybridized carbons (Fsp3) is 0.263. The summed E-state index contributed by atoms with van der Waals surface area (Å²) in [6.45, 7) is 6.33. The van der Waals surface area contributed by atoms with E-state index < -0.39 is 0 Å². The van der Waals surface area contributed by atoms with Crippen molar-refractivity contribution in [3.05, 3.63) is 65.2 Å². The minimum Gasteiger partial charge on any atom is -0.350 e. The van der Waals surface area contributed by atoms with Crippen molar-refractivity contribution in [1.82, 2.24) is 5.32 Å². The van der Waals surface area contributed by atoms with Crippen LogP contribution >= 0.6 is 0 Å². The van der Waals surface area contributed by atoms with Crippen LogP contribution in [0, 0.1) is 13.8 Å². The molecule has 1 N–H and O–H groups in total. The van der Waals surface area contributed by atoms with E-state index in [9.17, 15) is 9.59 Å². The molecule has 0 saturated carbocycles. The highest BCUT2D eigenvalue weighted by atomic mass is 16.2. The van der Waals surface area contributed by atoms with E-state index in [0.29, 0.717) is 18.7 Å². The Morgan fingerprint density at radius 2 is 1.70 bits per heavy atom. The molecule has 23 heavy (non-hydrogen) atoms. The number of nitrogens with one attached hydrogen (secondary N) is 1. The molecule has 2 rings (SSSR count). The number of nitrogens with zero attached hydrogens (tertiary/aromatic N) is 1. The van der Waals surface area contributed by atoms with Crippen molar-refractivity contribution in [3.8, 4) is 0 Å². The van der Waals surface area contributed by atoms with Gasteiger partial charge < -0.3 is 10.2 Å².